The number of hydrogen-bond acceptors (Lipinski definition) is 3. The SMILES string of the molecule is COc1cccc(OCCNC(=O)/C=C/c2ccc(Cl)cc2)c1. The predicted octanol–water partition coefficient (Wildman–Crippen LogP) is 3.56. The Morgan fingerprint density at radius 1 is 1.17 bits per heavy atom. The molecule has 2 aromatic carbocycles. The second-order valence-electron chi connectivity index (χ2n) is 4.70. The van der Waals surface area contributed by atoms with Gasteiger partial charge in [-0.15, -0.1) is 0 Å². The van der Waals surface area contributed by atoms with Crippen molar-refractivity contribution in [2.75, 3.05) is 20.3 Å². The molecule has 1 N–H and O–H groups in total. The largest absolute Gasteiger partial charge is 0.497 e. The summed E-state index contributed by atoms with van der Waals surface area (Å²) in [5.74, 6) is 1.27. The fraction of sp³-hybridized carbons (Fsp3) is 0.167. The Bertz CT molecular complexity index is 668. The molecule has 2 rings (SSSR count). The highest BCUT2D eigenvalue weighted by atomic mass is 35.5. The molecule has 0 atom stereocenters. The first kappa shape index (κ1) is 16.9. The lowest BCUT2D eigenvalue weighted by Gasteiger charge is -2.07. The average molecular weight is 332 g/mol. The lowest BCUT2D eigenvalue weighted by molar-refractivity contribution is -0.116. The van der Waals surface area contributed by atoms with Gasteiger partial charge < -0.3 is 14.8 Å². The zero-order chi connectivity index (χ0) is 16.5. The Hall–Kier alpha value is -2.46. The third kappa shape index (κ3) is 6.04. The van der Waals surface area contributed by atoms with E-state index in [0.717, 1.165) is 11.3 Å². The molecule has 4 nitrogen and oxygen atoms in total. The van der Waals surface area contributed by atoms with Gasteiger partial charge >= 0.3 is 0 Å². The second-order valence-corrected chi connectivity index (χ2v) is 5.14. The van der Waals surface area contributed by atoms with Crippen molar-refractivity contribution in [1.29, 1.82) is 0 Å². The van der Waals surface area contributed by atoms with E-state index < -0.39 is 0 Å². The molecule has 23 heavy (non-hydrogen) atoms. The molecule has 0 saturated carbocycles. The van der Waals surface area contributed by atoms with Crippen LogP contribution in [0, 0.1) is 0 Å². The number of halogens is 1. The van der Waals surface area contributed by atoms with E-state index >= 15 is 0 Å². The van der Waals surface area contributed by atoms with E-state index in [9.17, 15) is 4.79 Å². The fourth-order valence-corrected chi connectivity index (χ4v) is 1.96. The van der Waals surface area contributed by atoms with Crippen LogP contribution < -0.4 is 14.8 Å². The average Bonchev–Trinajstić information content (AvgIpc) is 2.58. The molecule has 0 aliphatic heterocycles. The molecular weight excluding hydrogens is 314 g/mol. The van der Waals surface area contributed by atoms with Gasteiger partial charge in [-0.25, -0.2) is 0 Å². The summed E-state index contributed by atoms with van der Waals surface area (Å²) in [7, 11) is 1.60. The van der Waals surface area contributed by atoms with E-state index in [2.05, 4.69) is 5.32 Å². The summed E-state index contributed by atoms with van der Waals surface area (Å²) in [6.07, 6.45) is 3.21. The van der Waals surface area contributed by atoms with Crippen LogP contribution in [0.15, 0.2) is 54.6 Å². The van der Waals surface area contributed by atoms with Crippen molar-refractivity contribution in [1.82, 2.24) is 5.32 Å². The Morgan fingerprint density at radius 3 is 2.65 bits per heavy atom. The third-order valence-corrected chi connectivity index (χ3v) is 3.26. The minimum atomic E-state index is -0.172. The van der Waals surface area contributed by atoms with Crippen molar-refractivity contribution < 1.29 is 14.3 Å². The normalized spacial score (nSPS) is 10.5. The van der Waals surface area contributed by atoms with Gasteiger partial charge in [0.2, 0.25) is 5.91 Å². The molecule has 5 heteroatoms. The van der Waals surface area contributed by atoms with Gasteiger partial charge in [-0.3, -0.25) is 4.79 Å². The summed E-state index contributed by atoms with van der Waals surface area (Å²) in [6, 6.07) is 14.6. The maximum absolute atomic E-state index is 11.7. The van der Waals surface area contributed by atoms with Crippen LogP contribution in [0.25, 0.3) is 6.08 Å². The highest BCUT2D eigenvalue weighted by Gasteiger charge is 1.98. The summed E-state index contributed by atoms with van der Waals surface area (Å²) in [6.45, 7) is 0.800. The highest BCUT2D eigenvalue weighted by Crippen LogP contribution is 2.18. The molecule has 0 unspecified atom stereocenters. The number of ether oxygens (including phenoxy) is 2. The zero-order valence-electron chi connectivity index (χ0n) is 12.8. The van der Waals surface area contributed by atoms with Crippen molar-refractivity contribution in [2.45, 2.75) is 0 Å². The Morgan fingerprint density at radius 2 is 1.91 bits per heavy atom. The standard InChI is InChI=1S/C18H18ClNO3/c1-22-16-3-2-4-17(13-16)23-12-11-20-18(21)10-7-14-5-8-15(19)9-6-14/h2-10,13H,11-12H2,1H3,(H,20,21)/b10-7+. The highest BCUT2D eigenvalue weighted by molar-refractivity contribution is 6.30. The van der Waals surface area contributed by atoms with Crippen LogP contribution in [0.2, 0.25) is 5.02 Å². The maximum Gasteiger partial charge on any atom is 0.244 e. The fourth-order valence-electron chi connectivity index (χ4n) is 1.84. The zero-order valence-corrected chi connectivity index (χ0v) is 13.5. The molecular formula is C18H18ClNO3. The van der Waals surface area contributed by atoms with E-state index in [4.69, 9.17) is 21.1 Å². The monoisotopic (exact) mass is 331 g/mol. The number of amides is 1. The lowest BCUT2D eigenvalue weighted by atomic mass is 10.2. The van der Waals surface area contributed by atoms with Gasteiger partial charge in [0.05, 0.1) is 13.7 Å². The summed E-state index contributed by atoms with van der Waals surface area (Å²) < 4.78 is 10.7. The molecule has 0 radical (unpaired) electrons. The molecule has 1 amide bonds. The first-order valence-corrected chi connectivity index (χ1v) is 7.53. The molecule has 0 aromatic heterocycles. The third-order valence-electron chi connectivity index (χ3n) is 3.01. The minimum Gasteiger partial charge on any atom is -0.497 e. The van der Waals surface area contributed by atoms with Crippen LogP contribution in [0.4, 0.5) is 0 Å². The molecule has 0 aliphatic carbocycles. The van der Waals surface area contributed by atoms with E-state index in [1.54, 1.807) is 31.4 Å². The van der Waals surface area contributed by atoms with E-state index in [1.807, 2.05) is 30.3 Å². The summed E-state index contributed by atoms with van der Waals surface area (Å²) in [4.78, 5) is 11.7. The molecule has 0 saturated heterocycles. The van der Waals surface area contributed by atoms with Crippen molar-refractivity contribution in [2.24, 2.45) is 0 Å². The molecule has 0 bridgehead atoms. The number of methoxy groups -OCH3 is 1. The van der Waals surface area contributed by atoms with Gasteiger partial charge in [-0.1, -0.05) is 29.8 Å². The molecule has 0 heterocycles. The van der Waals surface area contributed by atoms with E-state index in [-0.39, 0.29) is 5.91 Å². The Balaban J connectivity index is 1.71. The van der Waals surface area contributed by atoms with Crippen LogP contribution in [0.1, 0.15) is 5.56 Å². The van der Waals surface area contributed by atoms with Crippen LogP contribution in [0.3, 0.4) is 0 Å². The Kier molecular flexibility index (Phi) is 6.51. The maximum atomic E-state index is 11.7. The van der Waals surface area contributed by atoms with E-state index in [0.29, 0.717) is 23.9 Å². The molecule has 0 spiro atoms. The number of carbonyl (C=O) groups excluding carboxylic acids is 1. The van der Waals surface area contributed by atoms with Gasteiger partial charge in [0.1, 0.15) is 18.1 Å². The van der Waals surface area contributed by atoms with Gasteiger partial charge in [0, 0.05) is 17.2 Å². The van der Waals surface area contributed by atoms with Crippen molar-refractivity contribution in [3.05, 3.63) is 65.2 Å². The summed E-state index contributed by atoms with van der Waals surface area (Å²) >= 11 is 5.80. The van der Waals surface area contributed by atoms with Crippen molar-refractivity contribution >= 4 is 23.6 Å². The molecule has 0 aliphatic rings. The van der Waals surface area contributed by atoms with E-state index in [1.165, 1.54) is 6.08 Å². The molecule has 0 fully saturated rings. The minimum absolute atomic E-state index is 0.172. The predicted molar refractivity (Wildman–Crippen MR) is 92.0 cm³/mol. The summed E-state index contributed by atoms with van der Waals surface area (Å²) in [5.41, 5.74) is 0.914. The number of carbonyl (C=O) groups is 1. The van der Waals surface area contributed by atoms with Gasteiger partial charge in [0.25, 0.3) is 0 Å². The second kappa shape index (κ2) is 8.86. The number of nitrogens with one attached hydrogen (secondary N) is 1. The number of rotatable bonds is 7. The number of benzene rings is 2. The quantitative estimate of drug-likeness (QED) is 0.623. The first-order chi connectivity index (χ1) is 11.2. The van der Waals surface area contributed by atoms with Crippen molar-refractivity contribution in [3.8, 4) is 11.5 Å². The van der Waals surface area contributed by atoms with Crippen molar-refractivity contribution in [3.63, 3.8) is 0 Å². The Labute approximate surface area is 140 Å². The van der Waals surface area contributed by atoms with Gasteiger partial charge in [0.15, 0.2) is 0 Å². The van der Waals surface area contributed by atoms with Crippen LogP contribution in [-0.2, 0) is 4.79 Å². The van der Waals surface area contributed by atoms with Crippen LogP contribution in [0.5, 0.6) is 11.5 Å². The van der Waals surface area contributed by atoms with Gasteiger partial charge in [-0.2, -0.15) is 0 Å². The smallest absolute Gasteiger partial charge is 0.244 e. The topological polar surface area (TPSA) is 47.6 Å². The molecule has 120 valence electrons. The van der Waals surface area contributed by atoms with Crippen LogP contribution in [-0.4, -0.2) is 26.2 Å². The number of hydrogen-bond donors (Lipinski definition) is 1. The van der Waals surface area contributed by atoms with Crippen LogP contribution >= 0.6 is 11.6 Å². The first-order valence-electron chi connectivity index (χ1n) is 7.16. The summed E-state index contributed by atoms with van der Waals surface area (Å²) in [5, 5.41) is 3.42. The van der Waals surface area contributed by atoms with Gasteiger partial charge in [-0.05, 0) is 35.9 Å². The lowest BCUT2D eigenvalue weighted by Crippen LogP contribution is -2.26. The molecule has 2 aromatic rings.